The van der Waals surface area contributed by atoms with Crippen molar-refractivity contribution in [3.63, 3.8) is 0 Å². The van der Waals surface area contributed by atoms with Crippen molar-refractivity contribution >= 4 is 34.9 Å². The standard InChI is InChI=1S/C11H6Cl2FN3O/c12-8-9(13)15-5-16-10(8)17-11(18)6-1-3-7(14)4-2-6/h1-5H,(H,15,16,17,18). The number of nitrogens with zero attached hydrogens (tertiary/aromatic N) is 2. The third-order valence-corrected chi connectivity index (χ3v) is 2.83. The van der Waals surface area contributed by atoms with Gasteiger partial charge in [0.05, 0.1) is 0 Å². The zero-order valence-electron chi connectivity index (χ0n) is 8.82. The maximum absolute atomic E-state index is 12.7. The first-order chi connectivity index (χ1) is 8.58. The number of benzene rings is 1. The maximum atomic E-state index is 12.7. The lowest BCUT2D eigenvalue weighted by atomic mass is 10.2. The summed E-state index contributed by atoms with van der Waals surface area (Å²) in [6.07, 6.45) is 1.18. The largest absolute Gasteiger partial charge is 0.305 e. The van der Waals surface area contributed by atoms with Gasteiger partial charge >= 0.3 is 0 Å². The highest BCUT2D eigenvalue weighted by atomic mass is 35.5. The lowest BCUT2D eigenvalue weighted by Crippen LogP contribution is -2.13. The summed E-state index contributed by atoms with van der Waals surface area (Å²) in [4.78, 5) is 19.2. The summed E-state index contributed by atoms with van der Waals surface area (Å²) in [7, 11) is 0. The molecule has 0 bridgehead atoms. The minimum atomic E-state index is -0.466. The molecule has 0 fully saturated rings. The summed E-state index contributed by atoms with van der Waals surface area (Å²) in [6.45, 7) is 0. The monoisotopic (exact) mass is 285 g/mol. The Bertz CT molecular complexity index is 589. The quantitative estimate of drug-likeness (QED) is 0.863. The number of carbonyl (C=O) groups excluding carboxylic acids is 1. The summed E-state index contributed by atoms with van der Waals surface area (Å²) in [5.41, 5.74) is 0.280. The van der Waals surface area contributed by atoms with Crippen LogP contribution in [-0.2, 0) is 0 Å². The second kappa shape index (κ2) is 5.29. The third kappa shape index (κ3) is 2.75. The Balaban J connectivity index is 2.21. The Kier molecular flexibility index (Phi) is 3.74. The van der Waals surface area contributed by atoms with Crippen LogP contribution in [0, 0.1) is 5.82 Å². The molecule has 2 rings (SSSR count). The van der Waals surface area contributed by atoms with E-state index in [1.165, 1.54) is 30.6 Å². The van der Waals surface area contributed by atoms with E-state index < -0.39 is 11.7 Å². The van der Waals surface area contributed by atoms with Crippen LogP contribution in [0.5, 0.6) is 0 Å². The third-order valence-electron chi connectivity index (χ3n) is 2.09. The van der Waals surface area contributed by atoms with Crippen molar-refractivity contribution in [3.05, 3.63) is 52.1 Å². The topological polar surface area (TPSA) is 54.9 Å². The predicted octanol–water partition coefficient (Wildman–Crippen LogP) is 3.17. The molecule has 1 aromatic heterocycles. The fraction of sp³-hybridized carbons (Fsp3) is 0. The molecule has 4 nitrogen and oxygen atoms in total. The van der Waals surface area contributed by atoms with Crippen LogP contribution in [0.25, 0.3) is 0 Å². The van der Waals surface area contributed by atoms with Crippen LogP contribution >= 0.6 is 23.2 Å². The van der Waals surface area contributed by atoms with Gasteiger partial charge in [-0.05, 0) is 24.3 Å². The molecule has 7 heteroatoms. The first-order valence-corrected chi connectivity index (χ1v) is 5.56. The van der Waals surface area contributed by atoms with Crippen LogP contribution in [0.4, 0.5) is 10.2 Å². The average Bonchev–Trinajstić information content (AvgIpc) is 2.36. The van der Waals surface area contributed by atoms with Crippen LogP contribution in [0.2, 0.25) is 10.2 Å². The van der Waals surface area contributed by atoms with Gasteiger partial charge < -0.3 is 5.32 Å². The van der Waals surface area contributed by atoms with E-state index in [2.05, 4.69) is 15.3 Å². The van der Waals surface area contributed by atoms with E-state index in [-0.39, 0.29) is 21.6 Å². The molecule has 0 saturated carbocycles. The molecule has 0 aliphatic heterocycles. The van der Waals surface area contributed by atoms with Crippen molar-refractivity contribution < 1.29 is 9.18 Å². The molecule has 0 aliphatic carbocycles. The lowest BCUT2D eigenvalue weighted by molar-refractivity contribution is 0.102. The zero-order valence-corrected chi connectivity index (χ0v) is 10.3. The molecule has 0 atom stereocenters. The number of hydrogen-bond donors (Lipinski definition) is 1. The number of rotatable bonds is 2. The van der Waals surface area contributed by atoms with Gasteiger partial charge in [0.2, 0.25) is 0 Å². The number of carbonyl (C=O) groups is 1. The van der Waals surface area contributed by atoms with Gasteiger partial charge in [0, 0.05) is 5.56 Å². The van der Waals surface area contributed by atoms with E-state index in [4.69, 9.17) is 23.2 Å². The minimum absolute atomic E-state index is 0.0427. The number of anilines is 1. The van der Waals surface area contributed by atoms with Crippen molar-refractivity contribution in [1.82, 2.24) is 9.97 Å². The van der Waals surface area contributed by atoms with Crippen molar-refractivity contribution in [2.24, 2.45) is 0 Å². The fourth-order valence-corrected chi connectivity index (χ4v) is 1.49. The summed E-state index contributed by atoms with van der Waals surface area (Å²) >= 11 is 11.5. The first kappa shape index (κ1) is 12.7. The van der Waals surface area contributed by atoms with Gasteiger partial charge in [-0.15, -0.1) is 0 Å². The number of halogens is 3. The molecule has 1 N–H and O–H groups in total. The Morgan fingerprint density at radius 2 is 1.83 bits per heavy atom. The number of amides is 1. The molecule has 0 radical (unpaired) electrons. The molecular weight excluding hydrogens is 280 g/mol. The highest BCUT2D eigenvalue weighted by Crippen LogP contribution is 2.25. The molecule has 1 heterocycles. The highest BCUT2D eigenvalue weighted by molar-refractivity contribution is 6.43. The summed E-state index contributed by atoms with van der Waals surface area (Å²) in [6, 6.07) is 5.07. The molecule has 1 amide bonds. The van der Waals surface area contributed by atoms with Gasteiger partial charge in [0.25, 0.3) is 5.91 Å². The number of nitrogens with one attached hydrogen (secondary N) is 1. The van der Waals surface area contributed by atoms with Gasteiger partial charge in [-0.2, -0.15) is 0 Å². The Morgan fingerprint density at radius 3 is 2.50 bits per heavy atom. The highest BCUT2D eigenvalue weighted by Gasteiger charge is 2.12. The SMILES string of the molecule is O=C(Nc1ncnc(Cl)c1Cl)c1ccc(F)cc1. The summed E-state index contributed by atoms with van der Waals surface area (Å²) in [5, 5.41) is 2.55. The minimum Gasteiger partial charge on any atom is -0.305 e. The predicted molar refractivity (Wildman–Crippen MR) is 66.4 cm³/mol. The van der Waals surface area contributed by atoms with E-state index in [0.717, 1.165) is 0 Å². The Hall–Kier alpha value is -1.72. The first-order valence-electron chi connectivity index (χ1n) is 4.81. The van der Waals surface area contributed by atoms with Gasteiger partial charge in [-0.3, -0.25) is 4.79 Å². The van der Waals surface area contributed by atoms with Crippen LogP contribution in [-0.4, -0.2) is 15.9 Å². The van der Waals surface area contributed by atoms with Gasteiger partial charge in [0.15, 0.2) is 11.0 Å². The second-order valence-corrected chi connectivity index (χ2v) is 4.02. The lowest BCUT2D eigenvalue weighted by Gasteiger charge is -2.06. The molecule has 0 aliphatic rings. The van der Waals surface area contributed by atoms with E-state index in [9.17, 15) is 9.18 Å². The molecule has 92 valence electrons. The van der Waals surface area contributed by atoms with Crippen LogP contribution < -0.4 is 5.32 Å². The van der Waals surface area contributed by atoms with Crippen molar-refractivity contribution in [3.8, 4) is 0 Å². The molecule has 0 unspecified atom stereocenters. The van der Waals surface area contributed by atoms with Gasteiger partial charge in [-0.25, -0.2) is 14.4 Å². The smallest absolute Gasteiger partial charge is 0.256 e. The van der Waals surface area contributed by atoms with Crippen molar-refractivity contribution in [2.45, 2.75) is 0 Å². The van der Waals surface area contributed by atoms with Crippen molar-refractivity contribution in [2.75, 3.05) is 5.32 Å². The molecule has 0 spiro atoms. The maximum Gasteiger partial charge on any atom is 0.256 e. The van der Waals surface area contributed by atoms with Gasteiger partial charge in [0.1, 0.15) is 17.2 Å². The number of hydrogen-bond acceptors (Lipinski definition) is 3. The van der Waals surface area contributed by atoms with Crippen LogP contribution in [0.3, 0.4) is 0 Å². The zero-order chi connectivity index (χ0) is 13.1. The van der Waals surface area contributed by atoms with E-state index >= 15 is 0 Å². The Labute approximate surface area is 112 Å². The van der Waals surface area contributed by atoms with Crippen molar-refractivity contribution in [1.29, 1.82) is 0 Å². The van der Waals surface area contributed by atoms with E-state index in [0.29, 0.717) is 0 Å². The van der Waals surface area contributed by atoms with E-state index in [1.807, 2.05) is 0 Å². The average molecular weight is 286 g/mol. The van der Waals surface area contributed by atoms with E-state index in [1.54, 1.807) is 0 Å². The molecule has 2 aromatic rings. The Morgan fingerprint density at radius 1 is 1.17 bits per heavy atom. The molecule has 0 saturated heterocycles. The summed E-state index contributed by atoms with van der Waals surface area (Å²) in [5.74, 6) is -0.785. The van der Waals surface area contributed by atoms with Crippen LogP contribution in [0.1, 0.15) is 10.4 Å². The molecular formula is C11H6Cl2FN3O. The normalized spacial score (nSPS) is 10.2. The second-order valence-electron chi connectivity index (χ2n) is 3.29. The molecule has 18 heavy (non-hydrogen) atoms. The fourth-order valence-electron chi connectivity index (χ4n) is 1.22. The van der Waals surface area contributed by atoms with Crippen LogP contribution in [0.15, 0.2) is 30.6 Å². The van der Waals surface area contributed by atoms with Gasteiger partial charge in [-0.1, -0.05) is 23.2 Å². The molecule has 1 aromatic carbocycles. The summed E-state index contributed by atoms with van der Waals surface area (Å²) < 4.78 is 12.7. The number of aromatic nitrogens is 2.